The van der Waals surface area contributed by atoms with Crippen LogP contribution in [0.1, 0.15) is 111 Å². The quantitative estimate of drug-likeness (QED) is 0.0659. The van der Waals surface area contributed by atoms with Crippen LogP contribution in [0, 0.1) is 17.8 Å². The molecule has 1 saturated heterocycles. The van der Waals surface area contributed by atoms with Crippen molar-refractivity contribution in [3.63, 3.8) is 0 Å². The van der Waals surface area contributed by atoms with Gasteiger partial charge in [-0.15, -0.1) is 0 Å². The molecule has 1 aromatic carbocycles. The Labute approximate surface area is 267 Å². The van der Waals surface area contributed by atoms with Crippen molar-refractivity contribution in [2.24, 2.45) is 17.8 Å². The fourth-order valence-corrected chi connectivity index (χ4v) is 8.84. The summed E-state index contributed by atoms with van der Waals surface area (Å²) >= 11 is 0.0609. The van der Waals surface area contributed by atoms with Crippen LogP contribution in [0.4, 0.5) is 0 Å². The van der Waals surface area contributed by atoms with Gasteiger partial charge in [0.1, 0.15) is 0 Å². The van der Waals surface area contributed by atoms with Crippen LogP contribution in [0.25, 0.3) is 0 Å². The van der Waals surface area contributed by atoms with Gasteiger partial charge in [0.2, 0.25) is 0 Å². The summed E-state index contributed by atoms with van der Waals surface area (Å²) in [7, 11) is 1.49. The minimum atomic E-state index is -0.191. The van der Waals surface area contributed by atoms with E-state index in [0.717, 1.165) is 77.2 Å². The molecule has 2 unspecified atom stereocenters. The van der Waals surface area contributed by atoms with E-state index in [1.165, 1.54) is 37.8 Å². The average molecular weight is 664 g/mol. The van der Waals surface area contributed by atoms with E-state index < -0.39 is 0 Å². The third-order valence-electron chi connectivity index (χ3n) is 8.84. The second kappa shape index (κ2) is 20.4. The molecule has 1 aliphatic carbocycles. The molecule has 0 spiro atoms. The summed E-state index contributed by atoms with van der Waals surface area (Å²) in [4.78, 5) is 24.3. The van der Waals surface area contributed by atoms with Crippen molar-refractivity contribution >= 4 is 31.4 Å². The molecule has 242 valence electrons. The van der Waals surface area contributed by atoms with Gasteiger partial charge < -0.3 is 4.74 Å². The normalized spacial score (nSPS) is 24.5. The summed E-state index contributed by atoms with van der Waals surface area (Å²) in [6.07, 6.45) is 19.4. The van der Waals surface area contributed by atoms with Gasteiger partial charge in [-0.05, 0) is 25.2 Å². The van der Waals surface area contributed by atoms with Crippen LogP contribution in [0.3, 0.4) is 0 Å². The van der Waals surface area contributed by atoms with Crippen LogP contribution < -0.4 is 4.46 Å². The molecule has 7 heteroatoms. The SMILES string of the molecule is CCCC[C@H](C)C[C@@H](/C=C/[C@@H]1CC[C@H](OC(C)=O)[C@@H]1CCCCCC([Se]c1ccccc1)C(=O)OC)OC1CCCCO1. The van der Waals surface area contributed by atoms with Gasteiger partial charge in [-0.25, -0.2) is 0 Å². The molecule has 0 N–H and O–H groups in total. The molecule has 3 rings (SSSR count). The Hall–Kier alpha value is -1.66. The average Bonchev–Trinajstić information content (AvgIpc) is 3.38. The molecule has 7 atom stereocenters. The standard InChI is InChI=1S/C36H56O6Se/c1-5-6-15-27(2)26-30(42-35-20-13-14-25-40-35)23-21-29-22-24-33(41-28(3)37)32(29)18-11-8-12-19-34(36(38)39-4)43-31-16-9-7-10-17-31/h7,9-10,16-17,21,23,27,29-30,32-35H,5-6,8,11-15,18-20,22,24-26H2,1-4H3/b23-21+/t27-,29+,30+,32+,33-,34?,35?/m0/s1. The van der Waals surface area contributed by atoms with Gasteiger partial charge >= 0.3 is 192 Å². The van der Waals surface area contributed by atoms with E-state index in [1.54, 1.807) is 0 Å². The number of esters is 2. The first kappa shape index (κ1) is 35.8. The van der Waals surface area contributed by atoms with Crippen LogP contribution in [-0.4, -0.2) is 59.1 Å². The summed E-state index contributed by atoms with van der Waals surface area (Å²) in [5.74, 6) is 0.999. The maximum absolute atomic E-state index is 12.5. The summed E-state index contributed by atoms with van der Waals surface area (Å²) < 4.78 is 24.6. The predicted molar refractivity (Wildman–Crippen MR) is 173 cm³/mol. The summed E-state index contributed by atoms with van der Waals surface area (Å²) in [5.41, 5.74) is 0. The number of methoxy groups -OCH3 is 1. The molecule has 1 saturated carbocycles. The molecule has 1 aliphatic heterocycles. The van der Waals surface area contributed by atoms with Crippen LogP contribution in [0.2, 0.25) is 4.82 Å². The summed E-state index contributed by atoms with van der Waals surface area (Å²) in [6.45, 7) is 6.89. The Bertz CT molecular complexity index is 946. The number of carbonyl (C=O) groups excluding carboxylic acids is 2. The number of allylic oxidation sites excluding steroid dienone is 1. The first-order chi connectivity index (χ1) is 20.9. The van der Waals surface area contributed by atoms with E-state index in [4.69, 9.17) is 18.9 Å². The van der Waals surface area contributed by atoms with E-state index in [1.807, 2.05) is 18.2 Å². The molecule has 43 heavy (non-hydrogen) atoms. The molecular weight excluding hydrogens is 607 g/mol. The third-order valence-corrected chi connectivity index (χ3v) is 11.5. The monoisotopic (exact) mass is 664 g/mol. The fourth-order valence-electron chi connectivity index (χ4n) is 6.49. The Morgan fingerprint density at radius 1 is 1.05 bits per heavy atom. The van der Waals surface area contributed by atoms with Crippen molar-refractivity contribution in [1.82, 2.24) is 0 Å². The molecule has 0 radical (unpaired) electrons. The first-order valence-electron chi connectivity index (χ1n) is 16.8. The van der Waals surface area contributed by atoms with Crippen molar-refractivity contribution in [2.45, 2.75) is 134 Å². The number of ether oxygens (including phenoxy) is 4. The molecule has 0 aromatic heterocycles. The second-order valence-corrected chi connectivity index (χ2v) is 15.1. The van der Waals surface area contributed by atoms with E-state index in [-0.39, 0.29) is 50.2 Å². The second-order valence-electron chi connectivity index (χ2n) is 12.5. The summed E-state index contributed by atoms with van der Waals surface area (Å²) in [6, 6.07) is 10.3. The number of hydrogen-bond donors (Lipinski definition) is 0. The van der Waals surface area contributed by atoms with Crippen molar-refractivity contribution in [2.75, 3.05) is 13.7 Å². The number of hydrogen-bond acceptors (Lipinski definition) is 6. The van der Waals surface area contributed by atoms with Crippen LogP contribution >= 0.6 is 0 Å². The van der Waals surface area contributed by atoms with Gasteiger partial charge in [-0.2, -0.15) is 0 Å². The van der Waals surface area contributed by atoms with E-state index in [9.17, 15) is 9.59 Å². The zero-order chi connectivity index (χ0) is 30.9. The maximum atomic E-state index is 12.5. The van der Waals surface area contributed by atoms with E-state index in [2.05, 4.69) is 38.1 Å². The van der Waals surface area contributed by atoms with E-state index >= 15 is 0 Å². The molecule has 1 heterocycles. The van der Waals surface area contributed by atoms with Gasteiger partial charge in [0.15, 0.2) is 6.29 Å². The molecule has 6 nitrogen and oxygen atoms in total. The van der Waals surface area contributed by atoms with Crippen molar-refractivity contribution in [3.05, 3.63) is 42.5 Å². The number of carbonyl (C=O) groups is 2. The van der Waals surface area contributed by atoms with E-state index in [0.29, 0.717) is 17.8 Å². The Morgan fingerprint density at radius 2 is 1.86 bits per heavy atom. The number of rotatable bonds is 19. The Balaban J connectivity index is 1.57. The summed E-state index contributed by atoms with van der Waals surface area (Å²) in [5, 5.41) is 0. The van der Waals surface area contributed by atoms with Crippen LogP contribution in [0.5, 0.6) is 0 Å². The molecule has 0 amide bonds. The van der Waals surface area contributed by atoms with Crippen molar-refractivity contribution in [3.8, 4) is 0 Å². The molecule has 1 aromatic rings. The topological polar surface area (TPSA) is 71.1 Å². The minimum absolute atomic E-state index is 0.0269. The first-order valence-corrected chi connectivity index (χ1v) is 18.7. The van der Waals surface area contributed by atoms with Crippen LogP contribution in [0.15, 0.2) is 42.5 Å². The molecule has 2 aliphatic rings. The molecule has 0 bridgehead atoms. The van der Waals surface area contributed by atoms with Gasteiger partial charge in [0.25, 0.3) is 0 Å². The zero-order valence-electron chi connectivity index (χ0n) is 27.0. The molecule has 2 fully saturated rings. The third kappa shape index (κ3) is 13.5. The van der Waals surface area contributed by atoms with Gasteiger partial charge in [0.05, 0.1) is 0 Å². The van der Waals surface area contributed by atoms with Crippen molar-refractivity contribution in [1.29, 1.82) is 0 Å². The zero-order valence-corrected chi connectivity index (χ0v) is 28.8. The minimum Gasteiger partial charge on any atom is -0.353 e. The predicted octanol–water partition coefficient (Wildman–Crippen LogP) is 7.57. The van der Waals surface area contributed by atoms with Gasteiger partial charge in [0, 0.05) is 6.61 Å². The van der Waals surface area contributed by atoms with Gasteiger partial charge in [-0.3, -0.25) is 0 Å². The van der Waals surface area contributed by atoms with Gasteiger partial charge in [-0.1, -0.05) is 33.1 Å². The molecular formula is C36H56O6Se. The fraction of sp³-hybridized carbons (Fsp3) is 0.722. The van der Waals surface area contributed by atoms with Crippen LogP contribution in [-0.2, 0) is 28.5 Å². The Morgan fingerprint density at radius 3 is 2.56 bits per heavy atom. The smallest absolute Gasteiger partial charge is 0.353 e. The number of unbranched alkanes of at least 4 members (excludes halogenated alkanes) is 3. The number of benzene rings is 1. The Kier molecular flexibility index (Phi) is 17.0. The van der Waals surface area contributed by atoms with Crippen molar-refractivity contribution < 1.29 is 28.5 Å².